The van der Waals surface area contributed by atoms with Gasteiger partial charge in [0, 0.05) is 25.2 Å². The summed E-state index contributed by atoms with van der Waals surface area (Å²) in [5.41, 5.74) is 0.847. The second-order valence-electron chi connectivity index (χ2n) is 6.85. The minimum Gasteiger partial charge on any atom is -0.326 e. The number of nitrogens with one attached hydrogen (secondary N) is 2. The van der Waals surface area contributed by atoms with Crippen molar-refractivity contribution in [1.82, 2.24) is 8.61 Å². The predicted molar refractivity (Wildman–Crippen MR) is 122 cm³/mol. The van der Waals surface area contributed by atoms with Crippen LogP contribution in [0.3, 0.4) is 0 Å². The molecule has 2 aromatic carbocycles. The molecule has 2 aromatic rings. The van der Waals surface area contributed by atoms with Gasteiger partial charge in [-0.05, 0) is 60.7 Å². The summed E-state index contributed by atoms with van der Waals surface area (Å²) in [4.78, 5) is 22.1. The molecule has 1 fully saturated rings. The van der Waals surface area contributed by atoms with Crippen LogP contribution >= 0.6 is 12.2 Å². The zero-order valence-corrected chi connectivity index (χ0v) is 19.6. The molecule has 170 valence electrons. The number of rotatable bonds is 6. The van der Waals surface area contributed by atoms with E-state index in [4.69, 9.17) is 12.2 Å². The average Bonchev–Trinajstić information content (AvgIpc) is 3.11. The summed E-state index contributed by atoms with van der Waals surface area (Å²) in [5, 5.41) is 4.72. The van der Waals surface area contributed by atoms with Crippen molar-refractivity contribution in [3.05, 3.63) is 48.5 Å². The number of carbonyl (C=O) groups excluding carboxylic acids is 2. The Labute approximate surface area is 191 Å². The highest BCUT2D eigenvalue weighted by Crippen LogP contribution is 2.27. The molecule has 2 amide bonds. The fourth-order valence-electron chi connectivity index (χ4n) is 3.02. The summed E-state index contributed by atoms with van der Waals surface area (Å²) >= 11 is 5.20. The van der Waals surface area contributed by atoms with Crippen molar-refractivity contribution in [3.8, 4) is 0 Å². The Bertz CT molecular complexity index is 1170. The summed E-state index contributed by atoms with van der Waals surface area (Å²) in [6.45, 7) is 2.38. The van der Waals surface area contributed by atoms with Crippen molar-refractivity contribution in [2.45, 2.75) is 23.6 Å². The number of amides is 2. The van der Waals surface area contributed by atoms with E-state index in [1.165, 1.54) is 62.4 Å². The number of anilines is 2. The maximum atomic E-state index is 13.0. The molecule has 32 heavy (non-hydrogen) atoms. The topological polar surface area (TPSA) is 133 Å². The lowest BCUT2D eigenvalue weighted by atomic mass is 10.3. The van der Waals surface area contributed by atoms with Crippen LogP contribution < -0.4 is 10.6 Å². The maximum Gasteiger partial charge on any atom is 0.266 e. The molecule has 0 spiro atoms. The van der Waals surface area contributed by atoms with Crippen LogP contribution in [0.15, 0.2) is 58.3 Å². The first-order valence-corrected chi connectivity index (χ1v) is 12.6. The number of benzene rings is 2. The van der Waals surface area contributed by atoms with E-state index in [-0.39, 0.29) is 39.8 Å². The average molecular weight is 497 g/mol. The normalized spacial score (nSPS) is 14.4. The van der Waals surface area contributed by atoms with Crippen molar-refractivity contribution >= 4 is 60.6 Å². The van der Waals surface area contributed by atoms with Gasteiger partial charge >= 0.3 is 0 Å². The lowest BCUT2D eigenvalue weighted by Crippen LogP contribution is -2.38. The second-order valence-corrected chi connectivity index (χ2v) is 10.9. The molecule has 0 bridgehead atoms. The summed E-state index contributed by atoms with van der Waals surface area (Å²) in [6, 6.07) is 10.9. The van der Waals surface area contributed by atoms with Crippen LogP contribution in [0.5, 0.6) is 0 Å². The fraction of sp³-hybridized carbons (Fsp3) is 0.211. The molecule has 1 saturated heterocycles. The lowest BCUT2D eigenvalue weighted by Gasteiger charge is -2.22. The van der Waals surface area contributed by atoms with Gasteiger partial charge in [0.15, 0.2) is 5.11 Å². The van der Waals surface area contributed by atoms with E-state index in [0.717, 1.165) is 8.61 Å². The number of hydrogen-bond acceptors (Lipinski definition) is 7. The monoisotopic (exact) mass is 496 g/mol. The summed E-state index contributed by atoms with van der Waals surface area (Å²) in [7, 11) is -8.21. The van der Waals surface area contributed by atoms with E-state index >= 15 is 0 Å². The summed E-state index contributed by atoms with van der Waals surface area (Å²) in [6.07, 6.45) is 0. The number of carbonyl (C=O) groups is 2. The van der Waals surface area contributed by atoms with E-state index in [1.54, 1.807) is 0 Å². The lowest BCUT2D eigenvalue weighted by molar-refractivity contribution is -0.115. The second kappa shape index (κ2) is 8.84. The Hall–Kier alpha value is -3.03. The molecule has 1 aliphatic heterocycles. The van der Waals surface area contributed by atoms with Crippen molar-refractivity contribution < 1.29 is 26.4 Å². The van der Waals surface area contributed by atoms with Crippen molar-refractivity contribution in [3.63, 3.8) is 0 Å². The first-order chi connectivity index (χ1) is 14.9. The van der Waals surface area contributed by atoms with Crippen LogP contribution in [-0.4, -0.2) is 55.5 Å². The van der Waals surface area contributed by atoms with Crippen LogP contribution in [0.2, 0.25) is 0 Å². The first kappa shape index (κ1) is 23.6. The van der Waals surface area contributed by atoms with Gasteiger partial charge in [-0.25, -0.2) is 25.4 Å². The minimum atomic E-state index is -4.10. The van der Waals surface area contributed by atoms with Gasteiger partial charge in [0.05, 0.1) is 22.9 Å². The third-order valence-electron chi connectivity index (χ3n) is 4.46. The molecule has 0 radical (unpaired) electrons. The highest BCUT2D eigenvalue weighted by molar-refractivity contribution is 7.94. The molecule has 2 N–H and O–H groups in total. The Morgan fingerprint density at radius 3 is 1.31 bits per heavy atom. The van der Waals surface area contributed by atoms with E-state index in [0.29, 0.717) is 11.4 Å². The van der Waals surface area contributed by atoms with Gasteiger partial charge in [0.25, 0.3) is 20.0 Å². The van der Waals surface area contributed by atoms with Crippen LogP contribution in [0.25, 0.3) is 0 Å². The highest BCUT2D eigenvalue weighted by atomic mass is 32.2. The zero-order valence-electron chi connectivity index (χ0n) is 17.1. The van der Waals surface area contributed by atoms with Crippen LogP contribution in [0, 0.1) is 0 Å². The van der Waals surface area contributed by atoms with Crippen LogP contribution in [0.1, 0.15) is 13.8 Å². The molecule has 0 atom stereocenters. The number of nitrogens with zero attached hydrogens (tertiary/aromatic N) is 2. The van der Waals surface area contributed by atoms with Crippen molar-refractivity contribution in [1.29, 1.82) is 0 Å². The molecular formula is C19H20N4O6S3. The Kier molecular flexibility index (Phi) is 6.53. The molecule has 0 saturated carbocycles. The van der Waals surface area contributed by atoms with Crippen molar-refractivity contribution in [2.75, 3.05) is 23.7 Å². The van der Waals surface area contributed by atoms with Crippen LogP contribution in [0.4, 0.5) is 11.4 Å². The van der Waals surface area contributed by atoms with E-state index in [9.17, 15) is 26.4 Å². The van der Waals surface area contributed by atoms with E-state index < -0.39 is 20.0 Å². The van der Waals surface area contributed by atoms with Gasteiger partial charge in [-0.1, -0.05) is 0 Å². The number of thiocarbonyl (C=S) groups is 1. The fourth-order valence-corrected chi connectivity index (χ4v) is 6.57. The molecule has 0 aliphatic carbocycles. The molecule has 0 unspecified atom stereocenters. The molecule has 13 heteroatoms. The largest absolute Gasteiger partial charge is 0.326 e. The van der Waals surface area contributed by atoms with Gasteiger partial charge in [0.2, 0.25) is 11.8 Å². The Morgan fingerprint density at radius 2 is 1.03 bits per heavy atom. The predicted octanol–water partition coefficient (Wildman–Crippen LogP) is 1.58. The SMILES string of the molecule is CC(=O)Nc1ccc(S(=O)(=O)N2CCN(S(=O)(=O)c3ccc(NC(C)=O)cc3)C2=S)cc1. The molecule has 10 nitrogen and oxygen atoms in total. The van der Waals surface area contributed by atoms with Gasteiger partial charge in [-0.2, -0.15) is 0 Å². The third kappa shape index (κ3) is 4.74. The summed E-state index contributed by atoms with van der Waals surface area (Å²) < 4.78 is 53.8. The molecule has 3 rings (SSSR count). The van der Waals surface area contributed by atoms with Crippen molar-refractivity contribution in [2.24, 2.45) is 0 Å². The maximum absolute atomic E-state index is 13.0. The highest BCUT2D eigenvalue weighted by Gasteiger charge is 2.41. The molecular weight excluding hydrogens is 476 g/mol. The third-order valence-corrected chi connectivity index (χ3v) is 8.74. The number of hydrogen-bond donors (Lipinski definition) is 2. The number of sulfonamides is 2. The Balaban J connectivity index is 1.82. The molecule has 1 heterocycles. The standard InChI is InChI=1S/C19H20N4O6S3/c1-13(24)20-15-3-7-17(8-4-15)31(26,27)22-11-12-23(19(22)30)32(28,29)18-9-5-16(6-10-18)21-14(2)25/h3-10H,11-12H2,1-2H3,(H,20,24)(H,21,25). The van der Waals surface area contributed by atoms with Gasteiger partial charge in [-0.15, -0.1) is 0 Å². The van der Waals surface area contributed by atoms with Gasteiger partial charge in [-0.3, -0.25) is 9.59 Å². The molecule has 1 aliphatic rings. The zero-order chi connectivity index (χ0) is 23.7. The van der Waals surface area contributed by atoms with E-state index in [1.807, 2.05) is 0 Å². The first-order valence-electron chi connectivity index (χ1n) is 9.27. The minimum absolute atomic E-state index is 0.0899. The molecule has 0 aromatic heterocycles. The van der Waals surface area contributed by atoms with Crippen LogP contribution in [-0.2, 0) is 29.6 Å². The summed E-state index contributed by atoms with van der Waals surface area (Å²) in [5.74, 6) is -0.598. The van der Waals surface area contributed by atoms with E-state index in [2.05, 4.69) is 10.6 Å². The Morgan fingerprint density at radius 1 is 0.719 bits per heavy atom. The van der Waals surface area contributed by atoms with Gasteiger partial charge < -0.3 is 10.6 Å². The van der Waals surface area contributed by atoms with Gasteiger partial charge in [0.1, 0.15) is 0 Å². The smallest absolute Gasteiger partial charge is 0.266 e. The quantitative estimate of drug-likeness (QED) is 0.580.